The molecule has 0 spiro atoms. The van der Waals surface area contributed by atoms with E-state index in [9.17, 15) is 4.79 Å². The number of benzene rings is 1. The van der Waals surface area contributed by atoms with Gasteiger partial charge in [0.15, 0.2) is 0 Å². The molecule has 0 heterocycles. The van der Waals surface area contributed by atoms with Crippen molar-refractivity contribution in [2.45, 2.75) is 32.6 Å². The third-order valence-corrected chi connectivity index (χ3v) is 4.10. The van der Waals surface area contributed by atoms with Crippen LogP contribution in [0.5, 0.6) is 0 Å². The predicted octanol–water partition coefficient (Wildman–Crippen LogP) is 2.94. The van der Waals surface area contributed by atoms with E-state index in [0.29, 0.717) is 22.8 Å². The van der Waals surface area contributed by atoms with Crippen LogP contribution in [0.1, 0.15) is 43.0 Å². The number of halogens is 1. The Labute approximate surface area is 118 Å². The SMILES string of the molecule is CC1(CNC(=O)c2cc(Cl)ccc2NN)CCCC1. The van der Waals surface area contributed by atoms with Crippen LogP contribution in [0.15, 0.2) is 18.2 Å². The minimum absolute atomic E-state index is 0.136. The van der Waals surface area contributed by atoms with Crippen molar-refractivity contribution in [2.75, 3.05) is 12.0 Å². The van der Waals surface area contributed by atoms with Gasteiger partial charge in [-0.15, -0.1) is 0 Å². The van der Waals surface area contributed by atoms with E-state index in [2.05, 4.69) is 17.7 Å². The van der Waals surface area contributed by atoms with E-state index in [-0.39, 0.29) is 11.3 Å². The zero-order valence-electron chi connectivity index (χ0n) is 11.1. The molecule has 4 nitrogen and oxygen atoms in total. The molecule has 1 fully saturated rings. The largest absolute Gasteiger partial charge is 0.351 e. The van der Waals surface area contributed by atoms with Crippen molar-refractivity contribution in [3.8, 4) is 0 Å². The molecule has 0 aromatic heterocycles. The molecule has 1 saturated carbocycles. The van der Waals surface area contributed by atoms with Gasteiger partial charge in [-0.05, 0) is 36.5 Å². The van der Waals surface area contributed by atoms with E-state index in [4.69, 9.17) is 17.4 Å². The van der Waals surface area contributed by atoms with Gasteiger partial charge in [-0.25, -0.2) is 0 Å². The smallest absolute Gasteiger partial charge is 0.253 e. The van der Waals surface area contributed by atoms with E-state index < -0.39 is 0 Å². The average Bonchev–Trinajstić information content (AvgIpc) is 2.83. The molecule has 19 heavy (non-hydrogen) atoms. The molecule has 104 valence electrons. The third kappa shape index (κ3) is 3.39. The number of carbonyl (C=O) groups is 1. The quantitative estimate of drug-likeness (QED) is 0.587. The lowest BCUT2D eigenvalue weighted by atomic mass is 9.89. The molecule has 0 atom stereocenters. The van der Waals surface area contributed by atoms with E-state index in [1.54, 1.807) is 18.2 Å². The van der Waals surface area contributed by atoms with Crippen LogP contribution in [0.3, 0.4) is 0 Å². The van der Waals surface area contributed by atoms with Gasteiger partial charge in [-0.2, -0.15) is 0 Å². The number of nitrogens with two attached hydrogens (primary N) is 1. The number of nitrogens with one attached hydrogen (secondary N) is 2. The van der Waals surface area contributed by atoms with Gasteiger partial charge in [0.2, 0.25) is 0 Å². The average molecular weight is 282 g/mol. The third-order valence-electron chi connectivity index (χ3n) is 3.87. The zero-order valence-corrected chi connectivity index (χ0v) is 11.9. The summed E-state index contributed by atoms with van der Waals surface area (Å²) in [5.41, 5.74) is 3.81. The molecule has 0 aliphatic heterocycles. The highest BCUT2D eigenvalue weighted by molar-refractivity contribution is 6.31. The van der Waals surface area contributed by atoms with E-state index in [1.165, 1.54) is 25.7 Å². The number of carbonyl (C=O) groups excluding carboxylic acids is 1. The maximum Gasteiger partial charge on any atom is 0.253 e. The van der Waals surface area contributed by atoms with Crippen molar-refractivity contribution < 1.29 is 4.79 Å². The Balaban J connectivity index is 2.05. The molecule has 2 rings (SSSR count). The standard InChI is InChI=1S/C14H20ClN3O/c1-14(6-2-3-7-14)9-17-13(19)11-8-10(15)4-5-12(11)18-16/h4-5,8,18H,2-3,6-7,9,16H2,1H3,(H,17,19). The summed E-state index contributed by atoms with van der Waals surface area (Å²) in [7, 11) is 0. The number of hydrogen-bond acceptors (Lipinski definition) is 3. The summed E-state index contributed by atoms with van der Waals surface area (Å²) in [5.74, 6) is 5.27. The molecule has 0 bridgehead atoms. The van der Waals surface area contributed by atoms with Crippen LogP contribution in [0.4, 0.5) is 5.69 Å². The Kier molecular flexibility index (Phi) is 4.32. The second-order valence-corrected chi connectivity index (χ2v) is 5.97. The first-order chi connectivity index (χ1) is 9.04. The lowest BCUT2D eigenvalue weighted by Gasteiger charge is -2.24. The highest BCUT2D eigenvalue weighted by Gasteiger charge is 2.29. The minimum Gasteiger partial charge on any atom is -0.351 e. The molecule has 1 aliphatic rings. The molecular weight excluding hydrogens is 262 g/mol. The van der Waals surface area contributed by atoms with E-state index in [1.807, 2.05) is 0 Å². The maximum absolute atomic E-state index is 12.2. The second-order valence-electron chi connectivity index (χ2n) is 5.53. The normalized spacial score (nSPS) is 17.2. The molecular formula is C14H20ClN3O. The first-order valence-electron chi connectivity index (χ1n) is 6.58. The van der Waals surface area contributed by atoms with E-state index in [0.717, 1.165) is 0 Å². The molecule has 0 unspecified atom stereocenters. The Morgan fingerprint density at radius 1 is 1.42 bits per heavy atom. The number of hydrogen-bond donors (Lipinski definition) is 3. The van der Waals surface area contributed by atoms with Crippen LogP contribution >= 0.6 is 11.6 Å². The molecule has 5 heteroatoms. The lowest BCUT2D eigenvalue weighted by molar-refractivity contribution is 0.0935. The van der Waals surface area contributed by atoms with Crippen LogP contribution in [0.25, 0.3) is 0 Å². The highest BCUT2D eigenvalue weighted by Crippen LogP contribution is 2.36. The van der Waals surface area contributed by atoms with Gasteiger partial charge in [0.05, 0.1) is 11.3 Å². The number of amides is 1. The van der Waals surface area contributed by atoms with Crippen LogP contribution < -0.4 is 16.6 Å². The van der Waals surface area contributed by atoms with Crippen molar-refractivity contribution in [3.63, 3.8) is 0 Å². The van der Waals surface area contributed by atoms with Gasteiger partial charge < -0.3 is 10.7 Å². The molecule has 1 amide bonds. The van der Waals surface area contributed by atoms with Gasteiger partial charge in [0.1, 0.15) is 0 Å². The van der Waals surface area contributed by atoms with E-state index >= 15 is 0 Å². The van der Waals surface area contributed by atoms with Gasteiger partial charge >= 0.3 is 0 Å². The Hall–Kier alpha value is -1.26. The molecule has 0 radical (unpaired) electrons. The summed E-state index contributed by atoms with van der Waals surface area (Å²) < 4.78 is 0. The van der Waals surface area contributed by atoms with Gasteiger partial charge in [-0.1, -0.05) is 31.4 Å². The minimum atomic E-state index is -0.136. The summed E-state index contributed by atoms with van der Waals surface area (Å²) in [5, 5.41) is 3.51. The topological polar surface area (TPSA) is 67.2 Å². The van der Waals surface area contributed by atoms with Crippen LogP contribution in [-0.2, 0) is 0 Å². The van der Waals surface area contributed by atoms with Crippen LogP contribution in [0.2, 0.25) is 5.02 Å². The molecule has 0 saturated heterocycles. The lowest BCUT2D eigenvalue weighted by Crippen LogP contribution is -2.34. The van der Waals surface area contributed by atoms with Crippen molar-refractivity contribution in [2.24, 2.45) is 11.3 Å². The van der Waals surface area contributed by atoms with Crippen molar-refractivity contribution in [1.29, 1.82) is 0 Å². The Morgan fingerprint density at radius 2 is 2.11 bits per heavy atom. The van der Waals surface area contributed by atoms with Crippen molar-refractivity contribution in [1.82, 2.24) is 5.32 Å². The summed E-state index contributed by atoms with van der Waals surface area (Å²) in [6.07, 6.45) is 4.84. The number of nitrogen functional groups attached to an aromatic ring is 1. The Bertz CT molecular complexity index is 470. The number of anilines is 1. The predicted molar refractivity (Wildman–Crippen MR) is 78.2 cm³/mol. The van der Waals surface area contributed by atoms with Gasteiger partial charge in [0.25, 0.3) is 5.91 Å². The van der Waals surface area contributed by atoms with Crippen LogP contribution in [0, 0.1) is 5.41 Å². The molecule has 1 aromatic carbocycles. The first-order valence-corrected chi connectivity index (χ1v) is 6.96. The molecule has 4 N–H and O–H groups in total. The Morgan fingerprint density at radius 3 is 2.74 bits per heavy atom. The zero-order chi connectivity index (χ0) is 13.9. The summed E-state index contributed by atoms with van der Waals surface area (Å²) in [6, 6.07) is 5.03. The fraction of sp³-hybridized carbons (Fsp3) is 0.500. The second kappa shape index (κ2) is 5.80. The fourth-order valence-corrected chi connectivity index (χ4v) is 2.80. The van der Waals surface area contributed by atoms with Crippen molar-refractivity contribution in [3.05, 3.63) is 28.8 Å². The molecule has 1 aliphatic carbocycles. The first kappa shape index (κ1) is 14.2. The highest BCUT2D eigenvalue weighted by atomic mass is 35.5. The number of hydrazine groups is 1. The van der Waals surface area contributed by atoms with Gasteiger partial charge in [0, 0.05) is 11.6 Å². The van der Waals surface area contributed by atoms with Crippen LogP contribution in [-0.4, -0.2) is 12.5 Å². The van der Waals surface area contributed by atoms with Crippen molar-refractivity contribution >= 4 is 23.2 Å². The molecule has 1 aromatic rings. The van der Waals surface area contributed by atoms with Gasteiger partial charge in [-0.3, -0.25) is 10.6 Å². The summed E-state index contributed by atoms with van der Waals surface area (Å²) in [6.45, 7) is 2.92. The fourth-order valence-electron chi connectivity index (χ4n) is 2.62. The summed E-state index contributed by atoms with van der Waals surface area (Å²) in [4.78, 5) is 12.2. The summed E-state index contributed by atoms with van der Waals surface area (Å²) >= 11 is 5.92. The maximum atomic E-state index is 12.2. The monoisotopic (exact) mass is 281 g/mol. The number of rotatable bonds is 4.